The molecule has 0 bridgehead atoms. The zero-order chi connectivity index (χ0) is 16.8. The average Bonchev–Trinajstić information content (AvgIpc) is 2.47. The minimum absolute atomic E-state index is 0.122. The van der Waals surface area contributed by atoms with Crippen molar-refractivity contribution < 1.29 is 19.1 Å². The summed E-state index contributed by atoms with van der Waals surface area (Å²) in [7, 11) is 0. The highest BCUT2D eigenvalue weighted by molar-refractivity contribution is 5.91. The van der Waals surface area contributed by atoms with E-state index in [0.29, 0.717) is 6.61 Å². The number of esters is 2. The summed E-state index contributed by atoms with van der Waals surface area (Å²) in [6.45, 7) is 8.58. The number of carbonyl (C=O) groups excluding carboxylic acids is 2. The van der Waals surface area contributed by atoms with Crippen molar-refractivity contribution in [3.05, 3.63) is 0 Å². The molecule has 4 nitrogen and oxygen atoms in total. The summed E-state index contributed by atoms with van der Waals surface area (Å²) in [5.41, 5.74) is 0. The van der Waals surface area contributed by atoms with Crippen molar-refractivity contribution in [1.29, 1.82) is 0 Å². The van der Waals surface area contributed by atoms with Crippen LogP contribution in [0.3, 0.4) is 0 Å². The molecule has 0 N–H and O–H groups in total. The van der Waals surface area contributed by atoms with Crippen molar-refractivity contribution >= 4 is 11.9 Å². The van der Waals surface area contributed by atoms with E-state index < -0.39 is 11.9 Å². The molecule has 0 saturated carbocycles. The second-order valence-electron chi connectivity index (χ2n) is 6.20. The molecule has 1 unspecified atom stereocenters. The monoisotopic (exact) mass is 314 g/mol. The molecule has 0 aromatic carbocycles. The van der Waals surface area contributed by atoms with E-state index in [0.717, 1.165) is 19.3 Å². The van der Waals surface area contributed by atoms with Crippen LogP contribution in [-0.4, -0.2) is 24.6 Å². The molecule has 0 aromatic heterocycles. The van der Waals surface area contributed by atoms with Crippen LogP contribution in [0.5, 0.6) is 0 Å². The van der Waals surface area contributed by atoms with Gasteiger partial charge in [-0.1, -0.05) is 66.2 Å². The summed E-state index contributed by atoms with van der Waals surface area (Å²) < 4.78 is 10.4. The molecule has 0 aliphatic rings. The lowest BCUT2D eigenvalue weighted by Crippen LogP contribution is -2.24. The number of carbonyl (C=O) groups is 2. The largest absolute Gasteiger partial charge is 0.465 e. The summed E-state index contributed by atoms with van der Waals surface area (Å²) in [5, 5.41) is 0. The fourth-order valence-electron chi connectivity index (χ4n) is 2.32. The van der Waals surface area contributed by atoms with E-state index in [1.54, 1.807) is 0 Å². The van der Waals surface area contributed by atoms with Gasteiger partial charge in [-0.15, -0.1) is 0 Å². The first kappa shape index (κ1) is 20.9. The number of ether oxygens (including phenoxy) is 2. The van der Waals surface area contributed by atoms with Crippen molar-refractivity contribution in [3.63, 3.8) is 0 Å². The van der Waals surface area contributed by atoms with Crippen LogP contribution in [0.15, 0.2) is 0 Å². The lowest BCUT2D eigenvalue weighted by atomic mass is 10.1. The quantitative estimate of drug-likeness (QED) is 0.282. The molecule has 0 aliphatic heterocycles. The zero-order valence-corrected chi connectivity index (χ0v) is 14.9. The maximum absolute atomic E-state index is 11.6. The highest BCUT2D eigenvalue weighted by atomic mass is 16.6. The van der Waals surface area contributed by atoms with Gasteiger partial charge < -0.3 is 9.47 Å². The molecule has 1 atom stereocenters. The minimum atomic E-state index is -0.481. The van der Waals surface area contributed by atoms with E-state index in [4.69, 9.17) is 9.47 Å². The summed E-state index contributed by atoms with van der Waals surface area (Å²) in [4.78, 5) is 23.2. The highest BCUT2D eigenvalue weighted by Gasteiger charge is 2.19. The second-order valence-corrected chi connectivity index (χ2v) is 6.20. The van der Waals surface area contributed by atoms with Gasteiger partial charge in [-0.3, -0.25) is 9.59 Å². The van der Waals surface area contributed by atoms with Crippen molar-refractivity contribution in [2.45, 2.75) is 91.6 Å². The molecule has 0 rings (SSSR count). The average molecular weight is 314 g/mol. The highest BCUT2D eigenvalue weighted by Crippen LogP contribution is 2.11. The first-order valence-electron chi connectivity index (χ1n) is 8.86. The van der Waals surface area contributed by atoms with Gasteiger partial charge in [-0.25, -0.2) is 0 Å². The fourth-order valence-corrected chi connectivity index (χ4v) is 2.32. The van der Waals surface area contributed by atoms with Crippen molar-refractivity contribution in [3.8, 4) is 0 Å². The van der Waals surface area contributed by atoms with Gasteiger partial charge >= 0.3 is 11.9 Å². The Morgan fingerprint density at radius 2 is 1.45 bits per heavy atom. The topological polar surface area (TPSA) is 52.6 Å². The minimum Gasteiger partial charge on any atom is -0.465 e. The molecule has 0 radical (unpaired) electrons. The molecule has 0 aromatic rings. The second kappa shape index (κ2) is 13.6. The summed E-state index contributed by atoms with van der Waals surface area (Å²) in [6, 6.07) is 0. The standard InChI is InChI=1S/C18H34O4/c1-5-7-8-9-10-11-12-13-21-17(19)14-18(20)22-16(6-2)15(3)4/h15-16H,5-14H2,1-4H3. The van der Waals surface area contributed by atoms with Crippen molar-refractivity contribution in [2.24, 2.45) is 5.92 Å². The van der Waals surface area contributed by atoms with E-state index >= 15 is 0 Å². The van der Waals surface area contributed by atoms with Crippen LogP contribution in [0.1, 0.15) is 85.5 Å². The Balaban J connectivity index is 3.62. The third-order valence-electron chi connectivity index (χ3n) is 3.73. The van der Waals surface area contributed by atoms with Crippen LogP contribution in [0.2, 0.25) is 0 Å². The van der Waals surface area contributed by atoms with Crippen LogP contribution in [0, 0.1) is 5.92 Å². The first-order valence-corrected chi connectivity index (χ1v) is 8.86. The Morgan fingerprint density at radius 1 is 0.864 bits per heavy atom. The number of hydrogen-bond donors (Lipinski definition) is 0. The predicted molar refractivity (Wildman–Crippen MR) is 88.6 cm³/mol. The first-order chi connectivity index (χ1) is 10.5. The number of hydrogen-bond acceptors (Lipinski definition) is 4. The molecule has 0 aliphatic carbocycles. The van der Waals surface area contributed by atoms with Gasteiger partial charge in [0.1, 0.15) is 12.5 Å². The fraction of sp³-hybridized carbons (Fsp3) is 0.889. The van der Waals surface area contributed by atoms with E-state index in [1.807, 2.05) is 20.8 Å². The van der Waals surface area contributed by atoms with Crippen molar-refractivity contribution in [2.75, 3.05) is 6.61 Å². The third-order valence-corrected chi connectivity index (χ3v) is 3.73. The maximum atomic E-state index is 11.6. The van der Waals surface area contributed by atoms with Gasteiger partial charge in [0.2, 0.25) is 0 Å². The Hall–Kier alpha value is -1.06. The number of unbranched alkanes of at least 4 members (excludes halogenated alkanes) is 6. The summed E-state index contributed by atoms with van der Waals surface area (Å²) in [5.74, 6) is -0.697. The number of rotatable bonds is 13. The Morgan fingerprint density at radius 3 is 2.00 bits per heavy atom. The van der Waals surface area contributed by atoms with Crippen LogP contribution in [0.25, 0.3) is 0 Å². The Labute approximate surface area is 135 Å². The van der Waals surface area contributed by atoms with Crippen LogP contribution in [-0.2, 0) is 19.1 Å². The lowest BCUT2D eigenvalue weighted by molar-refractivity contribution is -0.159. The van der Waals surface area contributed by atoms with E-state index in [-0.39, 0.29) is 18.4 Å². The van der Waals surface area contributed by atoms with Gasteiger partial charge in [0, 0.05) is 0 Å². The normalized spacial score (nSPS) is 12.2. The molecule has 0 fully saturated rings. The Kier molecular flexibility index (Phi) is 12.9. The van der Waals surface area contributed by atoms with Crippen LogP contribution >= 0.6 is 0 Å². The predicted octanol–water partition coefficient (Wildman–Crippen LogP) is 4.65. The maximum Gasteiger partial charge on any atom is 0.317 e. The van der Waals surface area contributed by atoms with E-state index in [1.165, 1.54) is 32.1 Å². The molecule has 0 spiro atoms. The van der Waals surface area contributed by atoms with Gasteiger partial charge in [0.05, 0.1) is 6.61 Å². The van der Waals surface area contributed by atoms with Gasteiger partial charge in [0.15, 0.2) is 0 Å². The van der Waals surface area contributed by atoms with E-state index in [9.17, 15) is 9.59 Å². The summed E-state index contributed by atoms with van der Waals surface area (Å²) >= 11 is 0. The summed E-state index contributed by atoms with van der Waals surface area (Å²) in [6.07, 6.45) is 8.59. The third kappa shape index (κ3) is 11.6. The Bertz CT molecular complexity index is 299. The van der Waals surface area contributed by atoms with Crippen LogP contribution in [0.4, 0.5) is 0 Å². The molecule has 22 heavy (non-hydrogen) atoms. The van der Waals surface area contributed by atoms with Crippen LogP contribution < -0.4 is 0 Å². The molecule has 0 amide bonds. The molecule has 0 heterocycles. The molecule has 0 saturated heterocycles. The van der Waals surface area contributed by atoms with Gasteiger partial charge in [-0.05, 0) is 18.8 Å². The smallest absolute Gasteiger partial charge is 0.317 e. The molecule has 130 valence electrons. The van der Waals surface area contributed by atoms with Crippen molar-refractivity contribution in [1.82, 2.24) is 0 Å². The molecular weight excluding hydrogens is 280 g/mol. The van der Waals surface area contributed by atoms with E-state index in [2.05, 4.69) is 6.92 Å². The lowest BCUT2D eigenvalue weighted by Gasteiger charge is -2.19. The van der Waals surface area contributed by atoms with Gasteiger partial charge in [0.25, 0.3) is 0 Å². The molecule has 4 heteroatoms. The van der Waals surface area contributed by atoms with Gasteiger partial charge in [-0.2, -0.15) is 0 Å². The SMILES string of the molecule is CCCCCCCCCOC(=O)CC(=O)OC(CC)C(C)C. The molecular formula is C18H34O4. The zero-order valence-electron chi connectivity index (χ0n) is 14.9.